The third kappa shape index (κ3) is 5.33. The molecule has 0 aromatic heterocycles. The van der Waals surface area contributed by atoms with Crippen molar-refractivity contribution in [3.8, 4) is 11.5 Å². The zero-order chi connectivity index (χ0) is 19.1. The van der Waals surface area contributed by atoms with Gasteiger partial charge in [-0.15, -0.1) is 0 Å². The fourth-order valence-corrected chi connectivity index (χ4v) is 3.06. The van der Waals surface area contributed by atoms with Gasteiger partial charge < -0.3 is 9.47 Å². The lowest BCUT2D eigenvalue weighted by atomic mass is 10.0. The molecule has 1 N–H and O–H groups in total. The number of halogens is 1. The molecule has 138 valence electrons. The Balaban J connectivity index is 2.03. The van der Waals surface area contributed by atoms with Crippen molar-refractivity contribution < 1.29 is 14.3 Å². The minimum atomic E-state index is -0.165. The number of ether oxygens (including phenoxy) is 2. The summed E-state index contributed by atoms with van der Waals surface area (Å²) < 4.78 is 11.7. The molecule has 1 amide bonds. The van der Waals surface area contributed by atoms with E-state index in [1.165, 1.54) is 11.1 Å². The molecule has 0 aliphatic rings. The average Bonchev–Trinajstić information content (AvgIpc) is 2.58. The molecular weight excluding hydrogens is 396 g/mol. The van der Waals surface area contributed by atoms with Crippen LogP contribution in [0.3, 0.4) is 0 Å². The molecule has 0 atom stereocenters. The van der Waals surface area contributed by atoms with Gasteiger partial charge in [-0.1, -0.05) is 18.2 Å². The minimum absolute atomic E-state index is 0.165. The van der Waals surface area contributed by atoms with E-state index < -0.39 is 0 Å². The largest absolute Gasteiger partial charge is 0.492 e. The van der Waals surface area contributed by atoms with E-state index in [0.717, 1.165) is 15.6 Å². The van der Waals surface area contributed by atoms with Crippen molar-refractivity contribution in [1.29, 1.82) is 0 Å². The van der Waals surface area contributed by atoms with E-state index in [1.807, 2.05) is 51.1 Å². The fourth-order valence-electron chi connectivity index (χ4n) is 2.44. The van der Waals surface area contributed by atoms with E-state index in [0.29, 0.717) is 18.1 Å². The number of aryl methyl sites for hydroxylation is 2. The summed E-state index contributed by atoms with van der Waals surface area (Å²) in [6.45, 7) is 6.51. The summed E-state index contributed by atoms with van der Waals surface area (Å²) in [5.41, 5.74) is 6.69. The van der Waals surface area contributed by atoms with Gasteiger partial charge in [-0.3, -0.25) is 4.79 Å². The molecule has 0 saturated heterocycles. The summed E-state index contributed by atoms with van der Waals surface area (Å²) in [4.78, 5) is 12.1. The van der Waals surface area contributed by atoms with Gasteiger partial charge in [0.1, 0.15) is 0 Å². The monoisotopic (exact) mass is 418 g/mol. The normalized spacial score (nSPS) is 10.8. The number of rotatable bonds is 7. The number of carbonyl (C=O) groups is 1. The van der Waals surface area contributed by atoms with E-state index in [4.69, 9.17) is 9.47 Å². The van der Waals surface area contributed by atoms with Gasteiger partial charge in [0.25, 0.3) is 0 Å². The molecule has 6 heteroatoms. The summed E-state index contributed by atoms with van der Waals surface area (Å²) in [5.74, 6) is 1.08. The van der Waals surface area contributed by atoms with Crippen LogP contribution in [0.15, 0.2) is 39.9 Å². The highest BCUT2D eigenvalue weighted by atomic mass is 79.9. The third-order valence-corrected chi connectivity index (χ3v) is 4.46. The van der Waals surface area contributed by atoms with Gasteiger partial charge in [0.15, 0.2) is 11.5 Å². The molecule has 2 aromatic rings. The van der Waals surface area contributed by atoms with Crippen molar-refractivity contribution in [2.45, 2.75) is 27.2 Å². The first-order valence-corrected chi connectivity index (χ1v) is 9.12. The van der Waals surface area contributed by atoms with E-state index in [2.05, 4.69) is 26.5 Å². The van der Waals surface area contributed by atoms with Gasteiger partial charge >= 0.3 is 0 Å². The number of hydrogen-bond acceptors (Lipinski definition) is 4. The van der Waals surface area contributed by atoms with Crippen LogP contribution in [-0.2, 0) is 11.2 Å². The van der Waals surface area contributed by atoms with Crippen molar-refractivity contribution in [3.05, 3.63) is 57.1 Å². The standard InChI is InChI=1S/C20H23BrN2O3/c1-5-26-18-10-16(9-17(21)20(18)25-4)12-22-23-19(24)11-15-7-6-13(2)14(3)8-15/h6-10,12H,5,11H2,1-4H3,(H,23,24)/b22-12-. The maximum atomic E-state index is 12.1. The van der Waals surface area contributed by atoms with Crippen LogP contribution >= 0.6 is 15.9 Å². The molecule has 0 radical (unpaired) electrons. The van der Waals surface area contributed by atoms with Gasteiger partial charge in [0.2, 0.25) is 5.91 Å². The maximum absolute atomic E-state index is 12.1. The fraction of sp³-hybridized carbons (Fsp3) is 0.300. The molecule has 0 bridgehead atoms. The SMILES string of the molecule is CCOc1cc(/C=N\NC(=O)Cc2ccc(C)c(C)c2)cc(Br)c1OC. The number of carbonyl (C=O) groups excluding carboxylic acids is 1. The van der Waals surface area contributed by atoms with Crippen LogP contribution in [0.2, 0.25) is 0 Å². The number of nitrogens with zero attached hydrogens (tertiary/aromatic N) is 1. The zero-order valence-electron chi connectivity index (χ0n) is 15.4. The Kier molecular flexibility index (Phi) is 7.21. The molecule has 0 unspecified atom stereocenters. The molecule has 26 heavy (non-hydrogen) atoms. The van der Waals surface area contributed by atoms with Crippen LogP contribution in [0.1, 0.15) is 29.2 Å². The highest BCUT2D eigenvalue weighted by Crippen LogP contribution is 2.36. The molecule has 0 aliphatic carbocycles. The van der Waals surface area contributed by atoms with E-state index in [9.17, 15) is 4.79 Å². The van der Waals surface area contributed by atoms with Gasteiger partial charge in [-0.25, -0.2) is 5.43 Å². The van der Waals surface area contributed by atoms with Crippen LogP contribution in [-0.4, -0.2) is 25.8 Å². The lowest BCUT2D eigenvalue weighted by molar-refractivity contribution is -0.120. The predicted octanol–water partition coefficient (Wildman–Crippen LogP) is 4.17. The van der Waals surface area contributed by atoms with Crippen LogP contribution < -0.4 is 14.9 Å². The maximum Gasteiger partial charge on any atom is 0.244 e. The van der Waals surface area contributed by atoms with Crippen LogP contribution in [0, 0.1) is 13.8 Å². The first kappa shape index (κ1) is 20.0. The molecule has 2 rings (SSSR count). The number of hydrogen-bond donors (Lipinski definition) is 1. The summed E-state index contributed by atoms with van der Waals surface area (Å²) in [6, 6.07) is 9.66. The van der Waals surface area contributed by atoms with Crippen molar-refractivity contribution in [2.75, 3.05) is 13.7 Å². The lowest BCUT2D eigenvalue weighted by Gasteiger charge is -2.11. The van der Waals surface area contributed by atoms with Crippen molar-refractivity contribution in [1.82, 2.24) is 5.43 Å². The van der Waals surface area contributed by atoms with Gasteiger partial charge in [-0.2, -0.15) is 5.10 Å². The van der Waals surface area contributed by atoms with Gasteiger partial charge in [-0.05, 0) is 71.1 Å². The first-order valence-electron chi connectivity index (χ1n) is 8.33. The number of hydrazone groups is 1. The molecule has 5 nitrogen and oxygen atoms in total. The predicted molar refractivity (Wildman–Crippen MR) is 107 cm³/mol. The molecule has 0 spiro atoms. The Morgan fingerprint density at radius 3 is 2.65 bits per heavy atom. The van der Waals surface area contributed by atoms with Crippen molar-refractivity contribution in [3.63, 3.8) is 0 Å². The van der Waals surface area contributed by atoms with Gasteiger partial charge in [0, 0.05) is 0 Å². The minimum Gasteiger partial charge on any atom is -0.492 e. The zero-order valence-corrected chi connectivity index (χ0v) is 17.0. The van der Waals surface area contributed by atoms with Crippen LogP contribution in [0.25, 0.3) is 0 Å². The summed E-state index contributed by atoms with van der Waals surface area (Å²) in [7, 11) is 1.59. The Hall–Kier alpha value is -2.34. The summed E-state index contributed by atoms with van der Waals surface area (Å²) >= 11 is 3.45. The molecule has 2 aromatic carbocycles. The molecule has 0 aliphatic heterocycles. The highest BCUT2D eigenvalue weighted by Gasteiger charge is 2.10. The molecular formula is C20H23BrN2O3. The average molecular weight is 419 g/mol. The highest BCUT2D eigenvalue weighted by molar-refractivity contribution is 9.10. The molecule has 0 fully saturated rings. The number of benzene rings is 2. The lowest BCUT2D eigenvalue weighted by Crippen LogP contribution is -2.19. The van der Waals surface area contributed by atoms with Crippen LogP contribution in [0.5, 0.6) is 11.5 Å². The summed E-state index contributed by atoms with van der Waals surface area (Å²) in [6.07, 6.45) is 1.86. The van der Waals surface area contributed by atoms with Gasteiger partial charge in [0.05, 0.1) is 30.8 Å². The van der Waals surface area contributed by atoms with E-state index in [-0.39, 0.29) is 12.3 Å². The smallest absolute Gasteiger partial charge is 0.244 e. The number of methoxy groups -OCH3 is 1. The van der Waals surface area contributed by atoms with E-state index >= 15 is 0 Å². The molecule has 0 saturated carbocycles. The van der Waals surface area contributed by atoms with Crippen molar-refractivity contribution >= 4 is 28.1 Å². The quantitative estimate of drug-likeness (QED) is 0.542. The number of nitrogens with one attached hydrogen (secondary N) is 1. The Labute approximate surface area is 162 Å². The first-order chi connectivity index (χ1) is 12.4. The van der Waals surface area contributed by atoms with E-state index in [1.54, 1.807) is 13.3 Å². The Morgan fingerprint density at radius 2 is 2.00 bits per heavy atom. The second-order valence-electron chi connectivity index (χ2n) is 5.86. The van der Waals surface area contributed by atoms with Crippen LogP contribution in [0.4, 0.5) is 0 Å². The molecule has 0 heterocycles. The summed E-state index contributed by atoms with van der Waals surface area (Å²) in [5, 5.41) is 4.03. The Bertz CT molecular complexity index is 819. The second-order valence-corrected chi connectivity index (χ2v) is 6.71. The number of amides is 1. The second kappa shape index (κ2) is 9.38. The Morgan fingerprint density at radius 1 is 1.23 bits per heavy atom. The van der Waals surface area contributed by atoms with Crippen molar-refractivity contribution in [2.24, 2.45) is 5.10 Å². The topological polar surface area (TPSA) is 59.9 Å². The third-order valence-electron chi connectivity index (χ3n) is 3.87.